The van der Waals surface area contributed by atoms with E-state index in [0.29, 0.717) is 19.1 Å². The maximum atomic E-state index is 12.0. The minimum atomic E-state index is -3.69. The largest absolute Gasteiger partial charge is 0.478 e. The second kappa shape index (κ2) is 6.34. The Morgan fingerprint density at radius 3 is 2.80 bits per heavy atom. The zero-order valence-corrected chi connectivity index (χ0v) is 11.7. The minimum absolute atomic E-state index is 0.0559. The van der Waals surface area contributed by atoms with Crippen molar-refractivity contribution in [3.05, 3.63) is 29.8 Å². The number of hydrogen-bond acceptors (Lipinski definition) is 4. The van der Waals surface area contributed by atoms with E-state index in [1.807, 2.05) is 0 Å². The van der Waals surface area contributed by atoms with Gasteiger partial charge in [-0.1, -0.05) is 6.07 Å². The summed E-state index contributed by atoms with van der Waals surface area (Å²) in [5.41, 5.74) is -0.0575. The van der Waals surface area contributed by atoms with Crippen molar-refractivity contribution in [1.29, 1.82) is 0 Å². The highest BCUT2D eigenvalue weighted by Gasteiger charge is 2.21. The monoisotopic (exact) mass is 299 g/mol. The summed E-state index contributed by atoms with van der Waals surface area (Å²) in [6.45, 7) is 1.16. The van der Waals surface area contributed by atoms with Gasteiger partial charge in [-0.05, 0) is 37.0 Å². The van der Waals surface area contributed by atoms with Crippen molar-refractivity contribution in [3.63, 3.8) is 0 Å². The van der Waals surface area contributed by atoms with Crippen molar-refractivity contribution >= 4 is 16.0 Å². The van der Waals surface area contributed by atoms with Gasteiger partial charge in [-0.3, -0.25) is 0 Å². The predicted molar refractivity (Wildman–Crippen MR) is 72.1 cm³/mol. The maximum Gasteiger partial charge on any atom is 0.335 e. The van der Waals surface area contributed by atoms with Crippen molar-refractivity contribution in [2.75, 3.05) is 19.8 Å². The van der Waals surface area contributed by atoms with Crippen LogP contribution in [-0.4, -0.2) is 39.3 Å². The second-order valence-corrected chi connectivity index (χ2v) is 6.52. The first kappa shape index (κ1) is 15.0. The Balaban J connectivity index is 1.88. The van der Waals surface area contributed by atoms with Gasteiger partial charge in [-0.15, -0.1) is 0 Å². The van der Waals surface area contributed by atoms with Crippen molar-refractivity contribution in [2.45, 2.75) is 17.7 Å². The summed E-state index contributed by atoms with van der Waals surface area (Å²) in [6.07, 6.45) is 2.38. The molecule has 1 aliphatic carbocycles. The summed E-state index contributed by atoms with van der Waals surface area (Å²) in [5.74, 6) is -0.520. The van der Waals surface area contributed by atoms with Crippen LogP contribution in [0.25, 0.3) is 0 Å². The van der Waals surface area contributed by atoms with Gasteiger partial charge in [-0.2, -0.15) is 0 Å². The quantitative estimate of drug-likeness (QED) is 0.701. The average Bonchev–Trinajstić information content (AvgIpc) is 3.22. The van der Waals surface area contributed by atoms with E-state index in [1.54, 1.807) is 0 Å². The van der Waals surface area contributed by atoms with Crippen molar-refractivity contribution in [1.82, 2.24) is 4.72 Å². The molecule has 110 valence electrons. The summed E-state index contributed by atoms with van der Waals surface area (Å²) < 4.78 is 31.6. The number of hydrogen-bond donors (Lipinski definition) is 2. The van der Waals surface area contributed by atoms with Gasteiger partial charge in [0.1, 0.15) is 0 Å². The Bertz CT molecular complexity index is 580. The van der Waals surface area contributed by atoms with Crippen LogP contribution < -0.4 is 4.72 Å². The molecule has 0 heterocycles. The molecule has 6 nitrogen and oxygen atoms in total. The van der Waals surface area contributed by atoms with Gasteiger partial charge in [0.25, 0.3) is 0 Å². The van der Waals surface area contributed by atoms with E-state index in [2.05, 4.69) is 4.72 Å². The Hall–Kier alpha value is -1.44. The Labute approximate surface area is 117 Å². The number of carbonyl (C=O) groups is 1. The van der Waals surface area contributed by atoms with Gasteiger partial charge in [0, 0.05) is 13.2 Å². The third-order valence-electron chi connectivity index (χ3n) is 2.98. The van der Waals surface area contributed by atoms with Crippen LogP contribution in [0.3, 0.4) is 0 Å². The number of aromatic carboxylic acids is 1. The van der Waals surface area contributed by atoms with Crippen molar-refractivity contribution < 1.29 is 23.1 Å². The normalized spacial score (nSPS) is 15.2. The van der Waals surface area contributed by atoms with Crippen LogP contribution in [0.2, 0.25) is 0 Å². The fourth-order valence-electron chi connectivity index (χ4n) is 1.66. The number of ether oxygens (including phenoxy) is 1. The summed E-state index contributed by atoms with van der Waals surface area (Å²) in [7, 11) is -3.69. The SMILES string of the molecule is O=C(O)c1cccc(S(=O)(=O)NCCOCC2CC2)c1. The molecule has 0 spiro atoms. The van der Waals surface area contributed by atoms with E-state index >= 15 is 0 Å². The Kier molecular flexibility index (Phi) is 4.74. The highest BCUT2D eigenvalue weighted by Crippen LogP contribution is 2.28. The first-order valence-electron chi connectivity index (χ1n) is 6.40. The van der Waals surface area contributed by atoms with Gasteiger partial charge in [-0.25, -0.2) is 17.9 Å². The lowest BCUT2D eigenvalue weighted by atomic mass is 10.2. The molecule has 0 atom stereocenters. The summed E-state index contributed by atoms with van der Waals surface area (Å²) in [4.78, 5) is 10.8. The lowest BCUT2D eigenvalue weighted by molar-refractivity contribution is 0.0696. The van der Waals surface area contributed by atoms with Crippen molar-refractivity contribution in [2.24, 2.45) is 5.92 Å². The lowest BCUT2D eigenvalue weighted by Crippen LogP contribution is -2.27. The third-order valence-corrected chi connectivity index (χ3v) is 4.44. The molecular weight excluding hydrogens is 282 g/mol. The topological polar surface area (TPSA) is 92.7 Å². The fraction of sp³-hybridized carbons (Fsp3) is 0.462. The number of sulfonamides is 1. The van der Waals surface area contributed by atoms with E-state index in [4.69, 9.17) is 9.84 Å². The molecule has 2 rings (SSSR count). The van der Waals surface area contributed by atoms with Crippen LogP contribution in [0.15, 0.2) is 29.2 Å². The molecule has 0 radical (unpaired) electrons. The van der Waals surface area contributed by atoms with Crippen LogP contribution in [0.4, 0.5) is 0 Å². The van der Waals surface area contributed by atoms with Crippen LogP contribution >= 0.6 is 0 Å². The molecule has 0 amide bonds. The molecule has 1 aromatic carbocycles. The van der Waals surface area contributed by atoms with Crippen LogP contribution in [0.1, 0.15) is 23.2 Å². The summed E-state index contributed by atoms with van der Waals surface area (Å²) >= 11 is 0. The van der Waals surface area contributed by atoms with Crippen LogP contribution in [0.5, 0.6) is 0 Å². The molecule has 7 heteroatoms. The molecule has 0 saturated heterocycles. The minimum Gasteiger partial charge on any atom is -0.478 e. The first-order chi connectivity index (χ1) is 9.49. The molecule has 1 aliphatic rings. The predicted octanol–water partition coefficient (Wildman–Crippen LogP) is 1.09. The second-order valence-electron chi connectivity index (χ2n) is 4.75. The van der Waals surface area contributed by atoms with E-state index < -0.39 is 16.0 Å². The summed E-state index contributed by atoms with van der Waals surface area (Å²) in [5, 5.41) is 8.84. The average molecular weight is 299 g/mol. The standard InChI is InChI=1S/C13H17NO5S/c15-13(16)11-2-1-3-12(8-11)20(17,18)14-6-7-19-9-10-4-5-10/h1-3,8,10,14H,4-7,9H2,(H,15,16). The number of nitrogens with one attached hydrogen (secondary N) is 1. The smallest absolute Gasteiger partial charge is 0.335 e. The zero-order valence-electron chi connectivity index (χ0n) is 10.9. The number of rotatable bonds is 8. The molecule has 20 heavy (non-hydrogen) atoms. The molecule has 0 aromatic heterocycles. The van der Waals surface area contributed by atoms with Crippen LogP contribution in [-0.2, 0) is 14.8 Å². The van der Waals surface area contributed by atoms with Gasteiger partial charge in [0.2, 0.25) is 10.0 Å². The molecule has 0 aliphatic heterocycles. The number of carboxylic acids is 1. The molecule has 1 aromatic rings. The number of benzene rings is 1. The van der Waals surface area contributed by atoms with Crippen molar-refractivity contribution in [3.8, 4) is 0 Å². The van der Waals surface area contributed by atoms with Gasteiger partial charge >= 0.3 is 5.97 Å². The highest BCUT2D eigenvalue weighted by atomic mass is 32.2. The van der Waals surface area contributed by atoms with E-state index in [0.717, 1.165) is 6.07 Å². The van der Waals surface area contributed by atoms with Gasteiger partial charge in [0.15, 0.2) is 0 Å². The highest BCUT2D eigenvalue weighted by molar-refractivity contribution is 7.89. The molecular formula is C13H17NO5S. The third kappa shape index (κ3) is 4.29. The molecule has 1 saturated carbocycles. The fourth-order valence-corrected chi connectivity index (χ4v) is 2.72. The van der Waals surface area contributed by atoms with E-state index in [1.165, 1.54) is 31.0 Å². The molecule has 2 N–H and O–H groups in total. The van der Waals surface area contributed by atoms with E-state index in [-0.39, 0.29) is 17.0 Å². The van der Waals surface area contributed by atoms with Gasteiger partial charge in [0.05, 0.1) is 17.1 Å². The maximum absolute atomic E-state index is 12.0. The first-order valence-corrected chi connectivity index (χ1v) is 7.88. The van der Waals surface area contributed by atoms with Crippen LogP contribution in [0, 0.1) is 5.92 Å². The van der Waals surface area contributed by atoms with Gasteiger partial charge < -0.3 is 9.84 Å². The molecule has 1 fully saturated rings. The van der Waals surface area contributed by atoms with E-state index in [9.17, 15) is 13.2 Å². The Morgan fingerprint density at radius 1 is 1.40 bits per heavy atom. The molecule has 0 unspecified atom stereocenters. The zero-order chi connectivity index (χ0) is 14.6. The number of carboxylic acid groups (broad SMARTS) is 1. The Morgan fingerprint density at radius 2 is 2.15 bits per heavy atom. The lowest BCUT2D eigenvalue weighted by Gasteiger charge is -2.08. The summed E-state index contributed by atoms with van der Waals surface area (Å²) in [6, 6.07) is 5.25. The molecule has 0 bridgehead atoms.